The molecule has 0 aliphatic carbocycles. The molecule has 0 atom stereocenters. The van der Waals surface area contributed by atoms with Gasteiger partial charge in [-0.05, 0) is 31.4 Å². The first kappa shape index (κ1) is 18.8. The molecule has 1 N–H and O–H groups in total. The summed E-state index contributed by atoms with van der Waals surface area (Å²) in [6, 6.07) is 8.67. The minimum atomic E-state index is 0. The number of nitrogens with one attached hydrogen (secondary N) is 1. The highest BCUT2D eigenvalue weighted by molar-refractivity contribution is 14.0. The molecule has 3 rings (SSSR count). The zero-order valence-electron chi connectivity index (χ0n) is 14.8. The molecule has 1 aromatic heterocycles. The van der Waals surface area contributed by atoms with Gasteiger partial charge in [-0.3, -0.25) is 9.67 Å². The fraction of sp³-hybridized carbons (Fsp3) is 0.444. The van der Waals surface area contributed by atoms with Crippen LogP contribution in [0.3, 0.4) is 0 Å². The van der Waals surface area contributed by atoms with Crippen LogP contribution in [-0.4, -0.2) is 34.2 Å². The fourth-order valence-electron chi connectivity index (χ4n) is 3.25. The molecule has 0 fully saturated rings. The van der Waals surface area contributed by atoms with Crippen LogP contribution in [0.15, 0.2) is 29.3 Å². The predicted molar refractivity (Wildman–Crippen MR) is 109 cm³/mol. The second-order valence-electron chi connectivity index (χ2n) is 6.11. The number of hydrogen-bond donors (Lipinski definition) is 1. The Balaban J connectivity index is 0.00000208. The van der Waals surface area contributed by atoms with Gasteiger partial charge in [0.1, 0.15) is 0 Å². The second kappa shape index (κ2) is 8.00. The van der Waals surface area contributed by atoms with Gasteiger partial charge in [0.15, 0.2) is 5.96 Å². The summed E-state index contributed by atoms with van der Waals surface area (Å²) in [6.45, 7) is 6.85. The van der Waals surface area contributed by atoms with Gasteiger partial charge >= 0.3 is 0 Å². The lowest BCUT2D eigenvalue weighted by Crippen LogP contribution is -2.43. The zero-order chi connectivity index (χ0) is 16.4. The third-order valence-corrected chi connectivity index (χ3v) is 4.72. The Morgan fingerprint density at radius 1 is 1.25 bits per heavy atom. The van der Waals surface area contributed by atoms with Gasteiger partial charge in [-0.25, -0.2) is 0 Å². The van der Waals surface area contributed by atoms with Crippen LogP contribution in [0.5, 0.6) is 0 Å². The molecule has 1 aromatic carbocycles. The topological polar surface area (TPSA) is 45.5 Å². The predicted octanol–water partition coefficient (Wildman–Crippen LogP) is 2.79. The molecule has 2 heterocycles. The van der Waals surface area contributed by atoms with Gasteiger partial charge in [0.25, 0.3) is 0 Å². The van der Waals surface area contributed by atoms with Crippen molar-refractivity contribution in [3.8, 4) is 0 Å². The molecule has 0 saturated carbocycles. The van der Waals surface area contributed by atoms with E-state index in [9.17, 15) is 0 Å². The van der Waals surface area contributed by atoms with E-state index in [1.807, 2.05) is 18.8 Å². The number of aryl methyl sites for hydroxylation is 2. The first-order chi connectivity index (χ1) is 11.1. The van der Waals surface area contributed by atoms with Crippen LogP contribution >= 0.6 is 24.0 Å². The average molecular weight is 439 g/mol. The Hall–Kier alpha value is -1.57. The monoisotopic (exact) mass is 439 g/mol. The number of guanidine groups is 1. The van der Waals surface area contributed by atoms with Gasteiger partial charge in [0.05, 0.1) is 5.69 Å². The van der Waals surface area contributed by atoms with Crippen molar-refractivity contribution in [3.63, 3.8) is 0 Å². The van der Waals surface area contributed by atoms with Gasteiger partial charge in [0, 0.05) is 45.0 Å². The molecule has 0 saturated heterocycles. The smallest absolute Gasteiger partial charge is 0.194 e. The number of halogens is 1. The maximum Gasteiger partial charge on any atom is 0.194 e. The van der Waals surface area contributed by atoms with E-state index in [1.54, 1.807) is 0 Å². The SMILES string of the molecule is CN=C(NCc1c(C)nn(C)c1C)N1CCc2ccccc2C1.I. The molecular weight excluding hydrogens is 413 g/mol. The van der Waals surface area contributed by atoms with Crippen LogP contribution in [0.4, 0.5) is 0 Å². The van der Waals surface area contributed by atoms with Gasteiger partial charge in [0.2, 0.25) is 0 Å². The molecular formula is C18H26IN5. The molecule has 6 heteroatoms. The quantitative estimate of drug-likeness (QED) is 0.445. The van der Waals surface area contributed by atoms with Crippen LogP contribution in [0, 0.1) is 13.8 Å². The highest BCUT2D eigenvalue weighted by Gasteiger charge is 2.19. The van der Waals surface area contributed by atoms with Crippen molar-refractivity contribution in [2.45, 2.75) is 33.4 Å². The summed E-state index contributed by atoms with van der Waals surface area (Å²) in [4.78, 5) is 6.79. The Bertz CT molecular complexity index is 735. The molecule has 0 radical (unpaired) electrons. The highest BCUT2D eigenvalue weighted by atomic mass is 127. The lowest BCUT2D eigenvalue weighted by Gasteiger charge is -2.31. The molecule has 5 nitrogen and oxygen atoms in total. The van der Waals surface area contributed by atoms with Crippen molar-refractivity contribution in [2.75, 3.05) is 13.6 Å². The third-order valence-electron chi connectivity index (χ3n) is 4.72. The van der Waals surface area contributed by atoms with Gasteiger partial charge in [-0.2, -0.15) is 5.10 Å². The molecule has 1 aliphatic rings. The number of aliphatic imine (C=N–C) groups is 1. The van der Waals surface area contributed by atoms with Crippen molar-refractivity contribution < 1.29 is 0 Å². The minimum absolute atomic E-state index is 0. The standard InChI is InChI=1S/C18H25N5.HI/c1-13-17(14(2)22(4)21-13)11-20-18(19-3)23-10-9-15-7-5-6-8-16(15)12-23;/h5-8H,9-12H2,1-4H3,(H,19,20);1H. The molecule has 2 aromatic rings. The van der Waals surface area contributed by atoms with E-state index in [2.05, 4.69) is 58.4 Å². The lowest BCUT2D eigenvalue weighted by molar-refractivity contribution is 0.378. The summed E-state index contributed by atoms with van der Waals surface area (Å²) >= 11 is 0. The maximum atomic E-state index is 4.48. The summed E-state index contributed by atoms with van der Waals surface area (Å²) in [5.41, 5.74) is 6.39. The van der Waals surface area contributed by atoms with Gasteiger partial charge < -0.3 is 10.2 Å². The Kier molecular flexibility index (Phi) is 6.26. The van der Waals surface area contributed by atoms with Crippen molar-refractivity contribution in [3.05, 3.63) is 52.3 Å². The molecule has 1 aliphatic heterocycles. The van der Waals surface area contributed by atoms with Crippen molar-refractivity contribution in [2.24, 2.45) is 12.0 Å². The fourth-order valence-corrected chi connectivity index (χ4v) is 3.25. The Morgan fingerprint density at radius 3 is 2.58 bits per heavy atom. The highest BCUT2D eigenvalue weighted by Crippen LogP contribution is 2.19. The number of rotatable bonds is 2. The van der Waals surface area contributed by atoms with E-state index < -0.39 is 0 Å². The molecule has 0 unspecified atom stereocenters. The largest absolute Gasteiger partial charge is 0.352 e. The number of nitrogens with zero attached hydrogens (tertiary/aromatic N) is 4. The second-order valence-corrected chi connectivity index (χ2v) is 6.11. The number of benzene rings is 1. The Morgan fingerprint density at radius 2 is 1.96 bits per heavy atom. The third kappa shape index (κ3) is 3.74. The van der Waals surface area contributed by atoms with Gasteiger partial charge in [-0.15, -0.1) is 24.0 Å². The molecule has 130 valence electrons. The molecule has 0 bridgehead atoms. The molecule has 0 amide bonds. The summed E-state index contributed by atoms with van der Waals surface area (Å²) in [6.07, 6.45) is 1.07. The minimum Gasteiger partial charge on any atom is -0.352 e. The summed E-state index contributed by atoms with van der Waals surface area (Å²) in [5, 5.41) is 7.98. The first-order valence-electron chi connectivity index (χ1n) is 8.11. The van der Waals surface area contributed by atoms with E-state index in [4.69, 9.17) is 0 Å². The van der Waals surface area contributed by atoms with Crippen molar-refractivity contribution >= 4 is 29.9 Å². The first-order valence-corrected chi connectivity index (χ1v) is 8.11. The number of fused-ring (bicyclic) bond motifs is 1. The van der Waals surface area contributed by atoms with Crippen LogP contribution in [0.2, 0.25) is 0 Å². The number of hydrogen-bond acceptors (Lipinski definition) is 2. The normalized spacial score (nSPS) is 14.2. The summed E-state index contributed by atoms with van der Waals surface area (Å²) in [7, 11) is 3.84. The van der Waals surface area contributed by atoms with Crippen LogP contribution < -0.4 is 5.32 Å². The summed E-state index contributed by atoms with van der Waals surface area (Å²) < 4.78 is 1.94. The molecule has 24 heavy (non-hydrogen) atoms. The van der Waals surface area contributed by atoms with E-state index in [0.717, 1.165) is 37.7 Å². The summed E-state index contributed by atoms with van der Waals surface area (Å²) in [5.74, 6) is 0.960. The number of aromatic nitrogens is 2. The van der Waals surface area contributed by atoms with Crippen LogP contribution in [-0.2, 0) is 26.6 Å². The van der Waals surface area contributed by atoms with Crippen LogP contribution in [0.25, 0.3) is 0 Å². The lowest BCUT2D eigenvalue weighted by atomic mass is 10.0. The van der Waals surface area contributed by atoms with E-state index >= 15 is 0 Å². The van der Waals surface area contributed by atoms with Gasteiger partial charge in [-0.1, -0.05) is 24.3 Å². The zero-order valence-corrected chi connectivity index (χ0v) is 17.2. The van der Waals surface area contributed by atoms with Crippen molar-refractivity contribution in [1.82, 2.24) is 20.0 Å². The van der Waals surface area contributed by atoms with E-state index in [1.165, 1.54) is 22.4 Å². The van der Waals surface area contributed by atoms with Crippen molar-refractivity contribution in [1.29, 1.82) is 0 Å². The van der Waals surface area contributed by atoms with E-state index in [0.29, 0.717) is 0 Å². The van der Waals surface area contributed by atoms with Crippen LogP contribution in [0.1, 0.15) is 28.1 Å². The van der Waals surface area contributed by atoms with E-state index in [-0.39, 0.29) is 24.0 Å². The Labute approximate surface area is 161 Å². The average Bonchev–Trinajstić information content (AvgIpc) is 2.81. The molecule has 0 spiro atoms. The maximum absolute atomic E-state index is 4.48.